The third kappa shape index (κ3) is 5.45. The molecule has 0 amide bonds. The Labute approximate surface area is 187 Å². The molecule has 0 spiro atoms. The van der Waals surface area contributed by atoms with Gasteiger partial charge in [-0.3, -0.25) is 0 Å². The number of aliphatic hydroxyl groups is 1. The molecule has 3 rings (SSSR count). The van der Waals surface area contributed by atoms with E-state index < -0.39 is 33.4 Å². The topological polar surface area (TPSA) is 89.9 Å². The van der Waals surface area contributed by atoms with Crippen LogP contribution < -0.4 is 4.18 Å². The molecule has 1 N–H and O–H groups in total. The van der Waals surface area contributed by atoms with Gasteiger partial charge in [-0.05, 0) is 17.5 Å². The fourth-order valence-electron chi connectivity index (χ4n) is 3.00. The number of carbonyl (C=O) groups is 1. The van der Waals surface area contributed by atoms with Gasteiger partial charge in [0.15, 0.2) is 5.75 Å². The van der Waals surface area contributed by atoms with Crippen LogP contribution in [-0.2, 0) is 21.3 Å². The number of carbonyl (C=O) groups excluding carboxylic acids is 1. The Kier molecular flexibility index (Phi) is 6.95. The average molecular weight is 478 g/mol. The first-order valence-electron chi connectivity index (χ1n) is 9.42. The molecule has 3 aromatic carbocycles. The van der Waals surface area contributed by atoms with Gasteiger partial charge in [-0.25, -0.2) is 4.79 Å². The highest BCUT2D eigenvalue weighted by atomic mass is 32.2. The maximum atomic E-state index is 12.9. The number of hydrogen-bond donors (Lipinski definition) is 1. The molecule has 33 heavy (non-hydrogen) atoms. The Hall–Kier alpha value is -3.55. The molecule has 0 saturated heterocycles. The van der Waals surface area contributed by atoms with Crippen LogP contribution in [-0.4, -0.2) is 38.2 Å². The maximum Gasteiger partial charge on any atom is 0.534 e. The van der Waals surface area contributed by atoms with Gasteiger partial charge in [-0.2, -0.15) is 21.6 Å². The molecule has 0 radical (unpaired) electrons. The molecule has 0 heterocycles. The number of methoxy groups -OCH3 is 1. The van der Waals surface area contributed by atoms with Crippen molar-refractivity contribution in [2.45, 2.75) is 18.0 Å². The fourth-order valence-corrected chi connectivity index (χ4v) is 3.52. The first-order valence-corrected chi connectivity index (χ1v) is 10.8. The van der Waals surface area contributed by atoms with E-state index in [0.29, 0.717) is 5.39 Å². The lowest BCUT2D eigenvalue weighted by molar-refractivity contribution is -0.0499. The molecule has 0 aliphatic carbocycles. The quantitative estimate of drug-likeness (QED) is 0.260. The van der Waals surface area contributed by atoms with Gasteiger partial charge in [0.05, 0.1) is 12.7 Å². The molecule has 1 unspecified atom stereocenters. The maximum absolute atomic E-state index is 12.9. The Morgan fingerprint density at radius 2 is 1.73 bits per heavy atom. The second-order valence-corrected chi connectivity index (χ2v) is 8.32. The van der Waals surface area contributed by atoms with Crippen molar-refractivity contribution in [1.82, 2.24) is 0 Å². The zero-order chi connectivity index (χ0) is 24.2. The van der Waals surface area contributed by atoms with Crippen molar-refractivity contribution in [2.24, 2.45) is 0 Å². The number of esters is 1. The lowest BCUT2D eigenvalue weighted by Crippen LogP contribution is -2.28. The number of fused-ring (bicyclic) bond motifs is 1. The minimum absolute atomic E-state index is 0.00424. The highest BCUT2D eigenvalue weighted by Gasteiger charge is 2.49. The molecule has 6 nitrogen and oxygen atoms in total. The van der Waals surface area contributed by atoms with Crippen LogP contribution in [0.25, 0.3) is 10.8 Å². The number of alkyl halides is 3. The van der Waals surface area contributed by atoms with Crippen LogP contribution in [0.5, 0.6) is 5.75 Å². The molecule has 0 aliphatic rings. The molecule has 0 bridgehead atoms. The van der Waals surface area contributed by atoms with Crippen LogP contribution in [0.4, 0.5) is 13.2 Å². The van der Waals surface area contributed by atoms with Crippen molar-refractivity contribution in [3.8, 4) is 17.6 Å². The summed E-state index contributed by atoms with van der Waals surface area (Å²) in [6.45, 7) is 0. The number of aliphatic hydroxyl groups excluding tert-OH is 1. The minimum atomic E-state index is -5.94. The van der Waals surface area contributed by atoms with E-state index in [9.17, 15) is 31.5 Å². The van der Waals surface area contributed by atoms with Gasteiger partial charge in [0.25, 0.3) is 0 Å². The van der Waals surface area contributed by atoms with Crippen molar-refractivity contribution in [3.05, 3.63) is 77.4 Å². The summed E-state index contributed by atoms with van der Waals surface area (Å²) >= 11 is 0. The molecule has 172 valence electrons. The van der Waals surface area contributed by atoms with E-state index in [4.69, 9.17) is 0 Å². The summed E-state index contributed by atoms with van der Waals surface area (Å²) in [6.07, 6.45) is -1.74. The SMILES string of the molecule is COC(=O)c1ccccc1C#CC(O)Cc1ccc2ccccc2c1OS(=O)(=O)C(F)(F)F. The van der Waals surface area contributed by atoms with Gasteiger partial charge in [0.2, 0.25) is 0 Å². The van der Waals surface area contributed by atoms with E-state index in [1.165, 1.54) is 37.4 Å². The van der Waals surface area contributed by atoms with E-state index in [0.717, 1.165) is 0 Å². The minimum Gasteiger partial charge on any atom is -0.465 e. The summed E-state index contributed by atoms with van der Waals surface area (Å²) in [7, 11) is -4.74. The summed E-state index contributed by atoms with van der Waals surface area (Å²) in [4.78, 5) is 11.8. The second-order valence-electron chi connectivity index (χ2n) is 6.78. The van der Waals surface area contributed by atoms with Gasteiger partial charge in [0, 0.05) is 22.9 Å². The number of rotatable bonds is 5. The Balaban J connectivity index is 1.98. The molecular weight excluding hydrogens is 461 g/mol. The number of benzene rings is 3. The number of ether oxygens (including phenoxy) is 1. The summed E-state index contributed by atoms with van der Waals surface area (Å²) in [5, 5.41) is 11.0. The Morgan fingerprint density at radius 3 is 2.42 bits per heavy atom. The van der Waals surface area contributed by atoms with Gasteiger partial charge >= 0.3 is 21.6 Å². The Bertz CT molecular complexity index is 1350. The lowest BCUT2D eigenvalue weighted by Gasteiger charge is -2.16. The molecule has 0 aliphatic heterocycles. The van der Waals surface area contributed by atoms with E-state index in [-0.39, 0.29) is 28.5 Å². The molecule has 1 atom stereocenters. The zero-order valence-electron chi connectivity index (χ0n) is 17.1. The predicted octanol–water partition coefficient (Wildman–Crippen LogP) is 3.81. The third-order valence-electron chi connectivity index (χ3n) is 4.56. The van der Waals surface area contributed by atoms with Crippen LogP contribution in [0, 0.1) is 11.8 Å². The monoisotopic (exact) mass is 478 g/mol. The third-order valence-corrected chi connectivity index (χ3v) is 5.51. The van der Waals surface area contributed by atoms with Crippen LogP contribution >= 0.6 is 0 Å². The van der Waals surface area contributed by atoms with Crippen LogP contribution in [0.1, 0.15) is 21.5 Å². The standard InChI is InChI=1S/C23H17F3O6S/c1-31-22(28)20-9-5-3-7-16(20)12-13-18(27)14-17-11-10-15-6-2-4-8-19(15)21(17)32-33(29,30)23(24,25)26/h2-11,18,27H,14H2,1H3. The van der Waals surface area contributed by atoms with E-state index in [1.54, 1.807) is 30.3 Å². The predicted molar refractivity (Wildman–Crippen MR) is 114 cm³/mol. The summed E-state index contributed by atoms with van der Waals surface area (Å²) < 4.78 is 71.3. The molecule has 0 aromatic heterocycles. The smallest absolute Gasteiger partial charge is 0.465 e. The normalized spacial score (nSPS) is 12.5. The van der Waals surface area contributed by atoms with Crippen molar-refractivity contribution >= 4 is 26.9 Å². The van der Waals surface area contributed by atoms with Gasteiger partial charge in [-0.15, -0.1) is 0 Å². The lowest BCUT2D eigenvalue weighted by atomic mass is 10.0. The molecule has 10 heteroatoms. The molecule has 3 aromatic rings. The number of hydrogen-bond acceptors (Lipinski definition) is 6. The average Bonchev–Trinajstić information content (AvgIpc) is 2.78. The summed E-state index contributed by atoms with van der Waals surface area (Å²) in [5.74, 6) is 3.98. The first-order chi connectivity index (χ1) is 15.5. The van der Waals surface area contributed by atoms with Gasteiger partial charge < -0.3 is 14.0 Å². The highest BCUT2D eigenvalue weighted by molar-refractivity contribution is 7.88. The van der Waals surface area contributed by atoms with Crippen molar-refractivity contribution in [3.63, 3.8) is 0 Å². The highest BCUT2D eigenvalue weighted by Crippen LogP contribution is 2.35. The van der Waals surface area contributed by atoms with Crippen LogP contribution in [0.3, 0.4) is 0 Å². The summed E-state index contributed by atoms with van der Waals surface area (Å²) in [6, 6.07) is 15.3. The molecule has 0 fully saturated rings. The number of halogens is 3. The molecule has 0 saturated carbocycles. The van der Waals surface area contributed by atoms with Gasteiger partial charge in [0.1, 0.15) is 6.10 Å². The molecular formula is C23H17F3O6S. The van der Waals surface area contributed by atoms with Crippen molar-refractivity contribution in [2.75, 3.05) is 7.11 Å². The Morgan fingerprint density at radius 1 is 1.06 bits per heavy atom. The van der Waals surface area contributed by atoms with Crippen LogP contribution in [0.2, 0.25) is 0 Å². The van der Waals surface area contributed by atoms with E-state index >= 15 is 0 Å². The zero-order valence-corrected chi connectivity index (χ0v) is 17.9. The largest absolute Gasteiger partial charge is 0.534 e. The fraction of sp³-hybridized carbons (Fsp3) is 0.174. The van der Waals surface area contributed by atoms with Crippen molar-refractivity contribution in [1.29, 1.82) is 0 Å². The van der Waals surface area contributed by atoms with Crippen molar-refractivity contribution < 1.29 is 40.4 Å². The first kappa shape index (κ1) is 24.1. The van der Waals surface area contributed by atoms with E-state index in [2.05, 4.69) is 20.8 Å². The van der Waals surface area contributed by atoms with Gasteiger partial charge in [-0.1, -0.05) is 60.4 Å². The second kappa shape index (κ2) is 9.52. The van der Waals surface area contributed by atoms with Crippen LogP contribution in [0.15, 0.2) is 60.7 Å². The summed E-state index contributed by atoms with van der Waals surface area (Å²) in [5.41, 5.74) is -5.18. The van der Waals surface area contributed by atoms with E-state index in [1.807, 2.05) is 0 Å².